The van der Waals surface area contributed by atoms with Gasteiger partial charge >= 0.3 is 5.97 Å². The molecule has 0 fully saturated rings. The normalized spacial score (nSPS) is 13.5. The van der Waals surface area contributed by atoms with Gasteiger partial charge in [0.2, 0.25) is 0 Å². The van der Waals surface area contributed by atoms with E-state index in [1.807, 2.05) is 0 Å². The first kappa shape index (κ1) is 12.4. The van der Waals surface area contributed by atoms with Crippen LogP contribution in [0.5, 0.6) is 5.75 Å². The van der Waals surface area contributed by atoms with Crippen molar-refractivity contribution in [1.29, 1.82) is 0 Å². The largest absolute Gasteiger partial charge is 0.495 e. The van der Waals surface area contributed by atoms with Crippen molar-refractivity contribution in [3.63, 3.8) is 0 Å². The Morgan fingerprint density at radius 2 is 2.29 bits per heavy atom. The Morgan fingerprint density at radius 3 is 2.94 bits per heavy atom. The van der Waals surface area contributed by atoms with Gasteiger partial charge in [-0.2, -0.15) is 0 Å². The molecule has 0 amide bonds. The topological polar surface area (TPSA) is 46.5 Å². The third kappa shape index (κ3) is 2.46. The lowest BCUT2D eigenvalue weighted by molar-refractivity contribution is -0.136. The molecule has 0 unspecified atom stereocenters. The van der Waals surface area contributed by atoms with Gasteiger partial charge in [-0.3, -0.25) is 4.79 Å². The molecular formula is C13H15BrO3. The number of aliphatic carboxylic acids is 1. The molecule has 0 bridgehead atoms. The fraction of sp³-hybridized carbons (Fsp3) is 0.462. The number of hydrogen-bond acceptors (Lipinski definition) is 2. The number of carboxylic acid groups (broad SMARTS) is 1. The Labute approximate surface area is 109 Å². The average Bonchev–Trinajstić information content (AvgIpc) is 2.74. The van der Waals surface area contributed by atoms with Gasteiger partial charge in [0.25, 0.3) is 0 Å². The van der Waals surface area contributed by atoms with E-state index in [1.165, 1.54) is 17.5 Å². The summed E-state index contributed by atoms with van der Waals surface area (Å²) < 4.78 is 6.40. The molecular weight excluding hydrogens is 284 g/mol. The lowest BCUT2D eigenvalue weighted by Gasteiger charge is -2.14. The number of aryl methyl sites for hydroxylation is 2. The molecule has 0 aromatic heterocycles. The van der Waals surface area contributed by atoms with Crippen LogP contribution in [0, 0.1) is 0 Å². The van der Waals surface area contributed by atoms with Crippen molar-refractivity contribution in [2.24, 2.45) is 0 Å². The summed E-state index contributed by atoms with van der Waals surface area (Å²) >= 11 is 3.58. The molecule has 0 radical (unpaired) electrons. The highest BCUT2D eigenvalue weighted by Gasteiger charge is 2.20. The maximum Gasteiger partial charge on any atom is 0.303 e. The molecule has 1 aliphatic carbocycles. The maximum atomic E-state index is 10.6. The Kier molecular flexibility index (Phi) is 3.72. The first-order valence-corrected chi connectivity index (χ1v) is 6.51. The molecule has 1 aromatic carbocycles. The van der Waals surface area contributed by atoms with Gasteiger partial charge < -0.3 is 9.84 Å². The monoisotopic (exact) mass is 298 g/mol. The number of carbonyl (C=O) groups is 1. The number of fused-ring (bicyclic) bond motifs is 1. The molecule has 92 valence electrons. The van der Waals surface area contributed by atoms with Crippen LogP contribution in [0.25, 0.3) is 0 Å². The molecule has 0 aliphatic heterocycles. The van der Waals surface area contributed by atoms with Crippen molar-refractivity contribution in [1.82, 2.24) is 0 Å². The van der Waals surface area contributed by atoms with Crippen molar-refractivity contribution in [3.8, 4) is 5.75 Å². The van der Waals surface area contributed by atoms with Crippen molar-refractivity contribution in [3.05, 3.63) is 27.2 Å². The van der Waals surface area contributed by atoms with E-state index < -0.39 is 5.97 Å². The minimum absolute atomic E-state index is 0.140. The maximum absolute atomic E-state index is 10.6. The SMILES string of the molecule is COc1c(CCC(=O)O)cc2c(c1Br)CCC2. The lowest BCUT2D eigenvalue weighted by Crippen LogP contribution is -2.02. The highest BCUT2D eigenvalue weighted by molar-refractivity contribution is 9.10. The van der Waals surface area contributed by atoms with Crippen molar-refractivity contribution >= 4 is 21.9 Å². The number of carboxylic acids is 1. The number of rotatable bonds is 4. The van der Waals surface area contributed by atoms with Gasteiger partial charge in [0, 0.05) is 6.42 Å². The van der Waals surface area contributed by atoms with Gasteiger partial charge in [0.15, 0.2) is 0 Å². The summed E-state index contributed by atoms with van der Waals surface area (Å²) in [6.07, 6.45) is 3.98. The number of halogens is 1. The van der Waals surface area contributed by atoms with Crippen molar-refractivity contribution < 1.29 is 14.6 Å². The van der Waals surface area contributed by atoms with Gasteiger partial charge in [-0.25, -0.2) is 0 Å². The molecule has 0 saturated carbocycles. The molecule has 0 heterocycles. The smallest absolute Gasteiger partial charge is 0.303 e. The second-order valence-electron chi connectivity index (χ2n) is 4.27. The van der Waals surface area contributed by atoms with Crippen LogP contribution in [-0.4, -0.2) is 18.2 Å². The Morgan fingerprint density at radius 1 is 1.53 bits per heavy atom. The Hall–Kier alpha value is -1.03. The van der Waals surface area contributed by atoms with Crippen LogP contribution in [0.1, 0.15) is 29.5 Å². The zero-order chi connectivity index (χ0) is 12.4. The van der Waals surface area contributed by atoms with Crippen LogP contribution in [0.15, 0.2) is 10.5 Å². The van der Waals surface area contributed by atoms with E-state index in [2.05, 4.69) is 22.0 Å². The number of ether oxygens (including phenoxy) is 1. The number of methoxy groups -OCH3 is 1. The highest BCUT2D eigenvalue weighted by atomic mass is 79.9. The zero-order valence-electron chi connectivity index (χ0n) is 9.75. The van der Waals surface area contributed by atoms with E-state index in [0.29, 0.717) is 6.42 Å². The fourth-order valence-corrected chi connectivity index (χ4v) is 3.25. The standard InChI is InChI=1S/C13H15BrO3/c1-17-13-9(5-6-11(15)16)7-8-3-2-4-10(8)12(13)14/h7H,2-6H2,1H3,(H,15,16). The molecule has 1 aromatic rings. The molecule has 0 atom stereocenters. The van der Waals surface area contributed by atoms with E-state index in [0.717, 1.165) is 28.6 Å². The predicted octanol–water partition coefficient (Wildman–Crippen LogP) is 2.96. The molecule has 3 nitrogen and oxygen atoms in total. The summed E-state index contributed by atoms with van der Waals surface area (Å²) in [4.78, 5) is 10.6. The third-order valence-corrected chi connectivity index (χ3v) is 4.02. The van der Waals surface area contributed by atoms with E-state index in [9.17, 15) is 4.79 Å². The second kappa shape index (κ2) is 5.08. The lowest BCUT2D eigenvalue weighted by atomic mass is 10.0. The molecule has 0 spiro atoms. The first-order chi connectivity index (χ1) is 8.13. The Bertz CT molecular complexity index is 454. The van der Waals surface area contributed by atoms with Crippen molar-refractivity contribution in [2.45, 2.75) is 32.1 Å². The molecule has 1 aliphatic rings. The van der Waals surface area contributed by atoms with Gasteiger partial charge in [-0.05, 0) is 58.3 Å². The molecule has 2 rings (SSSR count). The summed E-state index contributed by atoms with van der Waals surface area (Å²) in [5.74, 6) is 0.0237. The molecule has 17 heavy (non-hydrogen) atoms. The van der Waals surface area contributed by atoms with Crippen LogP contribution in [-0.2, 0) is 24.1 Å². The first-order valence-electron chi connectivity index (χ1n) is 5.72. The van der Waals surface area contributed by atoms with Crippen LogP contribution < -0.4 is 4.74 Å². The summed E-state index contributed by atoms with van der Waals surface area (Å²) in [5, 5.41) is 8.75. The van der Waals surface area contributed by atoms with Gasteiger partial charge in [-0.15, -0.1) is 0 Å². The van der Waals surface area contributed by atoms with Crippen molar-refractivity contribution in [2.75, 3.05) is 7.11 Å². The van der Waals surface area contributed by atoms with E-state index in [-0.39, 0.29) is 6.42 Å². The summed E-state index contributed by atoms with van der Waals surface area (Å²) in [7, 11) is 1.63. The summed E-state index contributed by atoms with van der Waals surface area (Å²) in [6, 6.07) is 2.11. The summed E-state index contributed by atoms with van der Waals surface area (Å²) in [6.45, 7) is 0. The predicted molar refractivity (Wildman–Crippen MR) is 68.7 cm³/mol. The minimum atomic E-state index is -0.774. The number of benzene rings is 1. The van der Waals surface area contributed by atoms with Gasteiger partial charge in [0.05, 0.1) is 11.6 Å². The molecule has 1 N–H and O–H groups in total. The minimum Gasteiger partial charge on any atom is -0.495 e. The summed E-state index contributed by atoms with van der Waals surface area (Å²) in [5.41, 5.74) is 3.64. The van der Waals surface area contributed by atoms with Crippen LogP contribution in [0.2, 0.25) is 0 Å². The van der Waals surface area contributed by atoms with Gasteiger partial charge in [0.1, 0.15) is 5.75 Å². The fourth-order valence-electron chi connectivity index (χ4n) is 2.38. The quantitative estimate of drug-likeness (QED) is 0.929. The Balaban J connectivity index is 2.37. The van der Waals surface area contributed by atoms with Crippen LogP contribution >= 0.6 is 15.9 Å². The zero-order valence-corrected chi connectivity index (χ0v) is 11.3. The van der Waals surface area contributed by atoms with E-state index >= 15 is 0 Å². The second-order valence-corrected chi connectivity index (χ2v) is 5.06. The molecule has 4 heteroatoms. The number of hydrogen-bond donors (Lipinski definition) is 1. The average molecular weight is 299 g/mol. The third-order valence-electron chi connectivity index (χ3n) is 3.18. The van der Waals surface area contributed by atoms with E-state index in [4.69, 9.17) is 9.84 Å². The van der Waals surface area contributed by atoms with Crippen LogP contribution in [0.4, 0.5) is 0 Å². The highest BCUT2D eigenvalue weighted by Crippen LogP contribution is 2.39. The van der Waals surface area contributed by atoms with E-state index in [1.54, 1.807) is 7.11 Å². The molecule has 0 saturated heterocycles. The van der Waals surface area contributed by atoms with Gasteiger partial charge in [-0.1, -0.05) is 6.07 Å². The van der Waals surface area contributed by atoms with Crippen LogP contribution in [0.3, 0.4) is 0 Å².